The molecule has 2 aromatic rings. The van der Waals surface area contributed by atoms with Crippen LogP contribution in [0.4, 0.5) is 32.4 Å². The maximum Gasteiger partial charge on any atom is 0.407 e. The van der Waals surface area contributed by atoms with E-state index in [0.717, 1.165) is 12.1 Å². The van der Waals surface area contributed by atoms with E-state index in [1.54, 1.807) is 0 Å². The zero-order valence-corrected chi connectivity index (χ0v) is 20.9. The normalized spacial score (nSPS) is 19.2. The molecule has 1 aliphatic carbocycles. The summed E-state index contributed by atoms with van der Waals surface area (Å²) in [6.07, 6.45) is -3.57. The third-order valence-corrected chi connectivity index (χ3v) is 6.63. The second-order valence-corrected chi connectivity index (χ2v) is 9.19. The van der Waals surface area contributed by atoms with Crippen LogP contribution >= 0.6 is 24.0 Å². The van der Waals surface area contributed by atoms with E-state index in [0.29, 0.717) is 31.2 Å². The van der Waals surface area contributed by atoms with Gasteiger partial charge in [0.25, 0.3) is 5.91 Å². The first-order chi connectivity index (χ1) is 17.0. The molecule has 0 saturated carbocycles. The van der Waals surface area contributed by atoms with Gasteiger partial charge in [0.1, 0.15) is 18.2 Å². The van der Waals surface area contributed by atoms with Gasteiger partial charge in [-0.25, -0.2) is 13.6 Å². The lowest BCUT2D eigenvalue weighted by Gasteiger charge is -2.25. The van der Waals surface area contributed by atoms with Crippen LogP contribution in [0.5, 0.6) is 0 Å². The number of benzene rings is 2. The van der Waals surface area contributed by atoms with Crippen LogP contribution < -0.4 is 10.6 Å². The average molecular weight is 568 g/mol. The number of carbonyl (C=O) groups excluding carboxylic acids is 2. The minimum atomic E-state index is -4.34. The molecule has 2 atom stereocenters. The van der Waals surface area contributed by atoms with Crippen molar-refractivity contribution in [1.82, 2.24) is 10.2 Å². The van der Waals surface area contributed by atoms with Gasteiger partial charge in [0.15, 0.2) is 0 Å². The SMILES string of the molecule is Cl.O=C(N[C@H]1CCc2c(C(=O)Nc3ccc(F)c(Cl)c3)ccc(F)c21)OC[C@@H]1CCCN1CC(F)(F)F. The summed E-state index contributed by atoms with van der Waals surface area (Å²) in [7, 11) is 0. The van der Waals surface area contributed by atoms with Gasteiger partial charge >= 0.3 is 12.3 Å². The van der Waals surface area contributed by atoms with Crippen molar-refractivity contribution < 1.29 is 36.3 Å². The number of alkyl carbamates (subject to hydrolysis) is 1. The highest BCUT2D eigenvalue weighted by Gasteiger charge is 2.37. The van der Waals surface area contributed by atoms with Gasteiger partial charge in [0.2, 0.25) is 0 Å². The zero-order valence-electron chi connectivity index (χ0n) is 19.3. The fourth-order valence-electron chi connectivity index (χ4n) is 4.72. The number of hydrogen-bond acceptors (Lipinski definition) is 4. The minimum Gasteiger partial charge on any atom is -0.448 e. The number of alkyl halides is 3. The molecule has 1 saturated heterocycles. The number of nitrogens with one attached hydrogen (secondary N) is 2. The molecule has 2 aromatic carbocycles. The zero-order chi connectivity index (χ0) is 26.0. The first kappa shape index (κ1) is 28.9. The largest absolute Gasteiger partial charge is 0.448 e. The molecule has 0 spiro atoms. The Labute approximate surface area is 220 Å². The minimum absolute atomic E-state index is 0. The lowest BCUT2D eigenvalue weighted by molar-refractivity contribution is -0.148. The molecule has 0 radical (unpaired) electrons. The summed E-state index contributed by atoms with van der Waals surface area (Å²) >= 11 is 5.75. The standard InChI is InChI=1S/C24H23ClF5N3O3.ClH/c25-17-10-13(3-6-18(17)26)31-22(34)16-4-7-19(27)21-15(16)5-8-20(21)32-23(35)36-11-14-2-1-9-33(14)12-24(28,29)30;/h3-4,6-7,10,14,20H,1-2,5,8-9,11-12H2,(H,31,34)(H,32,35);1H/t14-,20-;/m0./s1. The predicted octanol–water partition coefficient (Wildman–Crippen LogP) is 6.03. The van der Waals surface area contributed by atoms with Gasteiger partial charge in [-0.05, 0) is 68.1 Å². The Balaban J connectivity index is 0.00000380. The number of anilines is 1. The number of ether oxygens (including phenoxy) is 1. The molecule has 1 aliphatic heterocycles. The van der Waals surface area contributed by atoms with Crippen LogP contribution in [0.15, 0.2) is 30.3 Å². The number of likely N-dealkylation sites (tertiary alicyclic amines) is 1. The second-order valence-electron chi connectivity index (χ2n) is 8.79. The molecule has 6 nitrogen and oxygen atoms in total. The summed E-state index contributed by atoms with van der Waals surface area (Å²) in [5.41, 5.74) is 1.01. The Morgan fingerprint density at radius 2 is 1.84 bits per heavy atom. The van der Waals surface area contributed by atoms with Crippen molar-refractivity contribution in [3.63, 3.8) is 0 Å². The molecule has 202 valence electrons. The average Bonchev–Trinajstić information content (AvgIpc) is 3.41. The Bertz CT molecular complexity index is 1170. The monoisotopic (exact) mass is 567 g/mol. The van der Waals surface area contributed by atoms with Crippen molar-refractivity contribution in [2.75, 3.05) is 25.0 Å². The number of hydrogen-bond donors (Lipinski definition) is 2. The Morgan fingerprint density at radius 3 is 2.54 bits per heavy atom. The number of fused-ring (bicyclic) bond motifs is 1. The molecule has 37 heavy (non-hydrogen) atoms. The molecule has 1 fully saturated rings. The molecular formula is C24H24Cl2F5N3O3. The van der Waals surface area contributed by atoms with E-state index in [1.165, 1.54) is 23.1 Å². The number of halogens is 7. The van der Waals surface area contributed by atoms with E-state index in [2.05, 4.69) is 10.6 Å². The molecule has 2 aliphatic rings. The van der Waals surface area contributed by atoms with Crippen molar-refractivity contribution in [3.8, 4) is 0 Å². The Hall–Kier alpha value is -2.63. The lowest BCUT2D eigenvalue weighted by atomic mass is 10.0. The quantitative estimate of drug-likeness (QED) is 0.418. The van der Waals surface area contributed by atoms with E-state index in [-0.39, 0.29) is 47.4 Å². The van der Waals surface area contributed by atoms with Gasteiger partial charge in [0.05, 0.1) is 17.6 Å². The smallest absolute Gasteiger partial charge is 0.407 e. The predicted molar refractivity (Wildman–Crippen MR) is 129 cm³/mol. The maximum atomic E-state index is 14.7. The van der Waals surface area contributed by atoms with Crippen molar-refractivity contribution >= 4 is 41.7 Å². The van der Waals surface area contributed by atoms with E-state index >= 15 is 0 Å². The molecule has 2 N–H and O–H groups in total. The van der Waals surface area contributed by atoms with E-state index < -0.39 is 48.4 Å². The molecule has 2 amide bonds. The summed E-state index contributed by atoms with van der Waals surface area (Å²) in [6.45, 7) is -1.02. The third-order valence-electron chi connectivity index (χ3n) is 6.34. The van der Waals surface area contributed by atoms with Crippen LogP contribution in [-0.2, 0) is 11.2 Å². The number of nitrogens with zero attached hydrogens (tertiary/aromatic N) is 1. The number of carbonyl (C=O) groups is 2. The first-order valence-electron chi connectivity index (χ1n) is 11.3. The highest BCUT2D eigenvalue weighted by Crippen LogP contribution is 2.36. The van der Waals surface area contributed by atoms with Gasteiger partial charge in [-0.2, -0.15) is 13.2 Å². The fourth-order valence-corrected chi connectivity index (χ4v) is 4.90. The summed E-state index contributed by atoms with van der Waals surface area (Å²) in [4.78, 5) is 26.4. The van der Waals surface area contributed by atoms with Crippen molar-refractivity contribution in [1.29, 1.82) is 0 Å². The van der Waals surface area contributed by atoms with Crippen LogP contribution in [0.25, 0.3) is 0 Å². The van der Waals surface area contributed by atoms with Crippen molar-refractivity contribution in [3.05, 3.63) is 63.7 Å². The number of amides is 2. The molecule has 0 aromatic heterocycles. The van der Waals surface area contributed by atoms with Crippen molar-refractivity contribution in [2.45, 2.75) is 43.9 Å². The third kappa shape index (κ3) is 7.03. The number of rotatable bonds is 6. The van der Waals surface area contributed by atoms with E-state index in [4.69, 9.17) is 16.3 Å². The molecule has 0 bridgehead atoms. The molecule has 0 unspecified atom stereocenters. The molecule has 4 rings (SSSR count). The van der Waals surface area contributed by atoms with Gasteiger partial charge in [0, 0.05) is 22.9 Å². The molecule has 13 heteroatoms. The van der Waals surface area contributed by atoms with E-state index in [1.807, 2.05) is 0 Å². The first-order valence-corrected chi connectivity index (χ1v) is 11.7. The van der Waals surface area contributed by atoms with Crippen LogP contribution in [0.1, 0.15) is 46.8 Å². The molecular weight excluding hydrogens is 544 g/mol. The highest BCUT2D eigenvalue weighted by atomic mass is 35.5. The fraction of sp³-hybridized carbons (Fsp3) is 0.417. The Kier molecular flexibility index (Phi) is 9.25. The van der Waals surface area contributed by atoms with E-state index in [9.17, 15) is 31.5 Å². The van der Waals surface area contributed by atoms with Gasteiger partial charge < -0.3 is 15.4 Å². The van der Waals surface area contributed by atoms with Gasteiger partial charge in [-0.15, -0.1) is 12.4 Å². The van der Waals surface area contributed by atoms with Crippen LogP contribution in [0.3, 0.4) is 0 Å². The van der Waals surface area contributed by atoms with Crippen LogP contribution in [0.2, 0.25) is 5.02 Å². The van der Waals surface area contributed by atoms with Gasteiger partial charge in [-0.3, -0.25) is 9.69 Å². The Morgan fingerprint density at radius 1 is 1.11 bits per heavy atom. The lowest BCUT2D eigenvalue weighted by Crippen LogP contribution is -2.41. The molecule has 1 heterocycles. The second kappa shape index (κ2) is 11.8. The summed E-state index contributed by atoms with van der Waals surface area (Å²) < 4.78 is 71.4. The van der Waals surface area contributed by atoms with Crippen LogP contribution in [-0.4, -0.2) is 48.8 Å². The summed E-state index contributed by atoms with van der Waals surface area (Å²) in [5, 5.41) is 4.99. The summed E-state index contributed by atoms with van der Waals surface area (Å²) in [6, 6.07) is 4.82. The topological polar surface area (TPSA) is 70.7 Å². The van der Waals surface area contributed by atoms with Crippen molar-refractivity contribution in [2.24, 2.45) is 0 Å². The van der Waals surface area contributed by atoms with Gasteiger partial charge in [-0.1, -0.05) is 11.6 Å². The highest BCUT2D eigenvalue weighted by molar-refractivity contribution is 6.31. The summed E-state index contributed by atoms with van der Waals surface area (Å²) in [5.74, 6) is -1.80. The maximum absolute atomic E-state index is 14.7. The van der Waals surface area contributed by atoms with Crippen LogP contribution in [0, 0.1) is 11.6 Å².